The number of hydrogen-bond donors (Lipinski definition) is 3. The van der Waals surface area contributed by atoms with E-state index in [2.05, 4.69) is 15.0 Å². The Labute approximate surface area is 197 Å². The van der Waals surface area contributed by atoms with Gasteiger partial charge in [0.05, 0.1) is 31.6 Å². The number of carbonyl (C=O) groups is 1. The first-order valence-electron chi connectivity index (χ1n) is 10.3. The standard InChI is InChI=1S/C18H25FN5O8PS/c1-17(2,7-25)15(27)34-5-4-29-33(28)30-6-9-11(32-33)18(3,19)14(31-9)24-8-21-10-12(24)22-16(20)23-13(10)26/h8-9,11,14,25H,4-7H2,1-3H3,(H3,20,22,23,26)/t9-,11-,14-,18-,33?/m1/s1. The normalized spacial score (nSPS) is 31.6. The fraction of sp³-hybridized carbons (Fsp3) is 0.667. The highest BCUT2D eigenvalue weighted by atomic mass is 32.2. The second-order valence-corrected chi connectivity index (χ2v) is 11.4. The Kier molecular flexibility index (Phi) is 6.66. The number of nitrogens with two attached hydrogens (primary N) is 1. The van der Waals surface area contributed by atoms with Gasteiger partial charge < -0.3 is 15.6 Å². The number of nitrogens with zero attached hydrogens (tertiary/aromatic N) is 3. The summed E-state index contributed by atoms with van der Waals surface area (Å²) in [4.78, 5) is 34.4. The predicted molar refractivity (Wildman–Crippen MR) is 119 cm³/mol. The summed E-state index contributed by atoms with van der Waals surface area (Å²) in [5, 5.41) is 8.99. The molecule has 4 rings (SSSR count). The highest BCUT2D eigenvalue weighted by Gasteiger charge is 2.61. The number of phosphoric acid groups is 1. The molecule has 2 aromatic heterocycles. The Morgan fingerprint density at radius 3 is 3.00 bits per heavy atom. The molecule has 0 amide bonds. The number of thioether (sulfide) groups is 1. The lowest BCUT2D eigenvalue weighted by Crippen LogP contribution is -2.44. The third-order valence-electron chi connectivity index (χ3n) is 5.54. The highest BCUT2D eigenvalue weighted by molar-refractivity contribution is 8.13. The molecular weight excluding hydrogens is 496 g/mol. The fourth-order valence-corrected chi connectivity index (χ4v) is 5.96. The Balaban J connectivity index is 1.45. The zero-order valence-corrected chi connectivity index (χ0v) is 20.3. The van der Waals surface area contributed by atoms with Crippen LogP contribution in [0.1, 0.15) is 27.0 Å². The zero-order chi connectivity index (χ0) is 24.9. The molecule has 2 aliphatic rings. The molecule has 34 heavy (non-hydrogen) atoms. The number of hydrogen-bond acceptors (Lipinski definition) is 12. The first-order valence-corrected chi connectivity index (χ1v) is 12.7. The first kappa shape index (κ1) is 25.2. The summed E-state index contributed by atoms with van der Waals surface area (Å²) < 4.78 is 51.8. The van der Waals surface area contributed by atoms with E-state index in [1.54, 1.807) is 13.8 Å². The number of imidazole rings is 1. The number of carbonyl (C=O) groups excluding carboxylic acids is 1. The minimum absolute atomic E-state index is 0.0154. The first-order chi connectivity index (χ1) is 15.9. The largest absolute Gasteiger partial charge is 0.475 e. The number of aliphatic hydroxyl groups excluding tert-OH is 1. The summed E-state index contributed by atoms with van der Waals surface area (Å²) in [6, 6.07) is 0. The average Bonchev–Trinajstić information content (AvgIpc) is 3.29. The van der Waals surface area contributed by atoms with Gasteiger partial charge in [0.15, 0.2) is 28.2 Å². The Hall–Kier alpha value is -1.87. The maximum atomic E-state index is 16.0. The lowest BCUT2D eigenvalue weighted by molar-refractivity contribution is -0.119. The molecule has 0 saturated carbocycles. The molecule has 4 heterocycles. The van der Waals surface area contributed by atoms with Crippen molar-refractivity contribution < 1.29 is 37.2 Å². The van der Waals surface area contributed by atoms with Crippen molar-refractivity contribution in [1.29, 1.82) is 0 Å². The van der Waals surface area contributed by atoms with Gasteiger partial charge in [-0.05, 0) is 20.8 Å². The molecule has 1 unspecified atom stereocenters. The van der Waals surface area contributed by atoms with Crippen molar-refractivity contribution in [3.8, 4) is 0 Å². The minimum Gasteiger partial charge on any atom is -0.395 e. The summed E-state index contributed by atoms with van der Waals surface area (Å²) in [5.74, 6) is -0.0479. The molecule has 0 aromatic carbocycles. The quantitative estimate of drug-likeness (QED) is 0.350. The summed E-state index contributed by atoms with van der Waals surface area (Å²) >= 11 is 0.906. The van der Waals surface area contributed by atoms with Crippen molar-refractivity contribution in [1.82, 2.24) is 19.5 Å². The average molecular weight is 521 g/mol. The fourth-order valence-electron chi connectivity index (χ4n) is 3.57. The zero-order valence-electron chi connectivity index (χ0n) is 18.6. The van der Waals surface area contributed by atoms with Crippen molar-refractivity contribution in [3.63, 3.8) is 0 Å². The molecule has 2 aliphatic heterocycles. The summed E-state index contributed by atoms with van der Waals surface area (Å²) in [7, 11) is -4.15. The number of ether oxygens (including phenoxy) is 1. The second kappa shape index (κ2) is 8.97. The number of H-pyrrole nitrogens is 1. The maximum absolute atomic E-state index is 16.0. The monoisotopic (exact) mass is 521 g/mol. The van der Waals surface area contributed by atoms with Crippen molar-refractivity contribution in [2.24, 2.45) is 5.41 Å². The molecule has 2 fully saturated rings. The van der Waals surface area contributed by atoms with Crippen LogP contribution in [0.3, 0.4) is 0 Å². The third kappa shape index (κ3) is 4.53. The van der Waals surface area contributed by atoms with Gasteiger partial charge in [0.1, 0.15) is 12.2 Å². The molecule has 0 bridgehead atoms. The van der Waals surface area contributed by atoms with Crippen LogP contribution in [0.4, 0.5) is 10.3 Å². The van der Waals surface area contributed by atoms with E-state index in [4.69, 9.17) is 24.0 Å². The van der Waals surface area contributed by atoms with E-state index in [-0.39, 0.29) is 47.8 Å². The molecule has 0 spiro atoms. The number of aromatic nitrogens is 4. The second-order valence-electron chi connectivity index (χ2n) is 8.73. The van der Waals surface area contributed by atoms with Gasteiger partial charge >= 0.3 is 7.82 Å². The molecule has 13 nitrogen and oxygen atoms in total. The van der Waals surface area contributed by atoms with Crippen LogP contribution in [0.2, 0.25) is 0 Å². The number of phosphoric ester groups is 1. The van der Waals surface area contributed by atoms with E-state index < -0.39 is 42.9 Å². The van der Waals surface area contributed by atoms with Crippen molar-refractivity contribution >= 4 is 41.8 Å². The molecular formula is C18H25FN5O8PS. The number of aromatic amines is 1. The topological polar surface area (TPSA) is 181 Å². The third-order valence-corrected chi connectivity index (χ3v) is 8.17. The van der Waals surface area contributed by atoms with Crippen molar-refractivity contribution in [2.45, 2.75) is 44.9 Å². The number of nitrogen functional groups attached to an aromatic ring is 1. The van der Waals surface area contributed by atoms with Crippen LogP contribution in [-0.2, 0) is 27.7 Å². The number of nitrogens with one attached hydrogen (secondary N) is 1. The molecule has 4 N–H and O–H groups in total. The van der Waals surface area contributed by atoms with Crippen LogP contribution in [-0.4, -0.2) is 73.2 Å². The van der Waals surface area contributed by atoms with Crippen LogP contribution in [0.5, 0.6) is 0 Å². The van der Waals surface area contributed by atoms with Gasteiger partial charge in [-0.2, -0.15) is 4.98 Å². The summed E-state index contributed by atoms with van der Waals surface area (Å²) in [6.07, 6.45) is -2.38. The Morgan fingerprint density at radius 1 is 1.56 bits per heavy atom. The minimum atomic E-state index is -4.15. The SMILES string of the molecule is CC(C)(CO)C(=O)SCCOP1(=O)OC[C@H]2O[C@@H](n3cnc4c(=O)[nH]c(N)nc43)[C@](C)(F)[C@@H]2O1. The van der Waals surface area contributed by atoms with Gasteiger partial charge in [-0.3, -0.25) is 32.7 Å². The predicted octanol–water partition coefficient (Wildman–Crippen LogP) is 1.15. The van der Waals surface area contributed by atoms with Gasteiger partial charge in [0, 0.05) is 5.75 Å². The van der Waals surface area contributed by atoms with E-state index in [9.17, 15) is 19.3 Å². The lowest BCUT2D eigenvalue weighted by atomic mass is 9.97. The maximum Gasteiger partial charge on any atom is 0.475 e. The van der Waals surface area contributed by atoms with E-state index in [0.717, 1.165) is 11.8 Å². The van der Waals surface area contributed by atoms with Crippen molar-refractivity contribution in [3.05, 3.63) is 16.7 Å². The van der Waals surface area contributed by atoms with Gasteiger partial charge in [0.2, 0.25) is 5.95 Å². The molecule has 2 saturated heterocycles. The number of alkyl halides is 1. The van der Waals surface area contributed by atoms with Gasteiger partial charge in [-0.25, -0.2) is 13.9 Å². The van der Waals surface area contributed by atoms with Gasteiger partial charge in [0.25, 0.3) is 5.56 Å². The smallest absolute Gasteiger partial charge is 0.395 e. The van der Waals surface area contributed by atoms with E-state index in [1.807, 2.05) is 0 Å². The molecule has 188 valence electrons. The number of halogens is 1. The van der Waals surface area contributed by atoms with Crippen LogP contribution >= 0.6 is 19.6 Å². The van der Waals surface area contributed by atoms with Crippen LogP contribution in [0, 0.1) is 5.41 Å². The Morgan fingerprint density at radius 2 is 2.29 bits per heavy atom. The molecule has 0 aliphatic carbocycles. The van der Waals surface area contributed by atoms with Crippen LogP contribution < -0.4 is 11.3 Å². The number of fused-ring (bicyclic) bond motifs is 2. The summed E-state index contributed by atoms with van der Waals surface area (Å²) in [5.41, 5.74) is 1.82. The molecule has 16 heteroatoms. The number of aliphatic hydroxyl groups is 1. The Bertz CT molecular complexity index is 1200. The highest BCUT2D eigenvalue weighted by Crippen LogP contribution is 2.59. The van der Waals surface area contributed by atoms with E-state index in [1.165, 1.54) is 17.8 Å². The summed E-state index contributed by atoms with van der Waals surface area (Å²) in [6.45, 7) is 3.64. The molecule has 5 atom stereocenters. The van der Waals surface area contributed by atoms with Gasteiger partial charge in [-0.1, -0.05) is 11.8 Å². The van der Waals surface area contributed by atoms with Gasteiger partial charge in [-0.15, -0.1) is 0 Å². The molecule has 2 aromatic rings. The van der Waals surface area contributed by atoms with Crippen molar-refractivity contribution in [2.75, 3.05) is 31.3 Å². The number of anilines is 1. The number of rotatable bonds is 7. The molecule has 0 radical (unpaired) electrons. The van der Waals surface area contributed by atoms with Crippen LogP contribution in [0.25, 0.3) is 11.2 Å². The lowest BCUT2D eigenvalue weighted by Gasteiger charge is -2.33. The van der Waals surface area contributed by atoms with E-state index in [0.29, 0.717) is 0 Å². The van der Waals surface area contributed by atoms with E-state index >= 15 is 4.39 Å². The van der Waals surface area contributed by atoms with Crippen LogP contribution in [0.15, 0.2) is 11.1 Å².